The minimum atomic E-state index is 0.000489. The summed E-state index contributed by atoms with van der Waals surface area (Å²) >= 11 is 0. The van der Waals surface area contributed by atoms with E-state index in [1.165, 1.54) is 0 Å². The predicted molar refractivity (Wildman–Crippen MR) is 87.8 cm³/mol. The predicted octanol–water partition coefficient (Wildman–Crippen LogP) is 2.65. The summed E-state index contributed by atoms with van der Waals surface area (Å²) in [6.07, 6.45) is 3.90. The monoisotopic (exact) mass is 298 g/mol. The third-order valence-corrected chi connectivity index (χ3v) is 4.58. The molecular formula is C18H22N2O2. The average molecular weight is 298 g/mol. The molecule has 1 aromatic carbocycles. The standard InChI is InChI=1S/C18H22N2O2/c1-13(2)15-8-5-10-20(15)18(22)12-19-11-9-17(21)14-6-3-4-7-16(14)19/h3-4,6-7,9,11,13,15H,5,8,10,12H2,1-2H3. The minimum Gasteiger partial charge on any atom is -0.338 e. The highest BCUT2D eigenvalue weighted by atomic mass is 16.2. The Labute approximate surface area is 130 Å². The molecule has 1 saturated heterocycles. The second-order valence-electron chi connectivity index (χ2n) is 6.37. The van der Waals surface area contributed by atoms with E-state index in [9.17, 15) is 9.59 Å². The summed E-state index contributed by atoms with van der Waals surface area (Å²) < 4.78 is 1.88. The van der Waals surface area contributed by atoms with E-state index >= 15 is 0 Å². The normalized spacial score (nSPS) is 18.3. The van der Waals surface area contributed by atoms with Crippen molar-refractivity contribution in [2.75, 3.05) is 6.54 Å². The Bertz CT molecular complexity index is 748. The fourth-order valence-corrected chi connectivity index (χ4v) is 3.43. The van der Waals surface area contributed by atoms with Crippen LogP contribution in [0.2, 0.25) is 0 Å². The lowest BCUT2D eigenvalue weighted by molar-refractivity contribution is -0.133. The molecule has 3 rings (SSSR count). The van der Waals surface area contributed by atoms with Crippen LogP contribution in [0, 0.1) is 5.92 Å². The smallest absolute Gasteiger partial charge is 0.242 e. The van der Waals surface area contributed by atoms with E-state index in [-0.39, 0.29) is 11.3 Å². The van der Waals surface area contributed by atoms with Crippen LogP contribution in [-0.4, -0.2) is 28.0 Å². The second-order valence-corrected chi connectivity index (χ2v) is 6.37. The topological polar surface area (TPSA) is 42.3 Å². The van der Waals surface area contributed by atoms with Gasteiger partial charge in [0.05, 0.1) is 5.52 Å². The van der Waals surface area contributed by atoms with Crippen LogP contribution in [0.3, 0.4) is 0 Å². The van der Waals surface area contributed by atoms with Crippen molar-refractivity contribution < 1.29 is 4.79 Å². The molecule has 1 fully saturated rings. The molecule has 1 aliphatic rings. The van der Waals surface area contributed by atoms with Crippen molar-refractivity contribution >= 4 is 16.8 Å². The quantitative estimate of drug-likeness (QED) is 0.874. The molecule has 1 amide bonds. The number of benzene rings is 1. The molecule has 0 aliphatic carbocycles. The Morgan fingerprint density at radius 3 is 2.82 bits per heavy atom. The zero-order chi connectivity index (χ0) is 15.7. The van der Waals surface area contributed by atoms with Gasteiger partial charge < -0.3 is 9.47 Å². The van der Waals surface area contributed by atoms with E-state index in [4.69, 9.17) is 0 Å². The minimum absolute atomic E-state index is 0.000489. The largest absolute Gasteiger partial charge is 0.338 e. The number of fused-ring (bicyclic) bond motifs is 1. The van der Waals surface area contributed by atoms with Gasteiger partial charge in [0, 0.05) is 30.2 Å². The summed E-state index contributed by atoms with van der Waals surface area (Å²) in [5.74, 6) is 0.627. The van der Waals surface area contributed by atoms with Crippen LogP contribution in [0.15, 0.2) is 41.3 Å². The highest BCUT2D eigenvalue weighted by molar-refractivity contribution is 5.82. The van der Waals surface area contributed by atoms with E-state index < -0.39 is 0 Å². The van der Waals surface area contributed by atoms with Crippen LogP contribution >= 0.6 is 0 Å². The van der Waals surface area contributed by atoms with Gasteiger partial charge in [0.1, 0.15) is 6.54 Å². The summed E-state index contributed by atoms with van der Waals surface area (Å²) in [6, 6.07) is 9.35. The number of nitrogens with zero attached hydrogens (tertiary/aromatic N) is 2. The van der Waals surface area contributed by atoms with Crippen LogP contribution < -0.4 is 5.43 Å². The van der Waals surface area contributed by atoms with Gasteiger partial charge in [-0.1, -0.05) is 26.0 Å². The third-order valence-electron chi connectivity index (χ3n) is 4.58. The highest BCUT2D eigenvalue weighted by Gasteiger charge is 2.30. The van der Waals surface area contributed by atoms with Gasteiger partial charge in [-0.25, -0.2) is 0 Å². The Morgan fingerprint density at radius 1 is 1.27 bits per heavy atom. The zero-order valence-corrected chi connectivity index (χ0v) is 13.2. The maximum Gasteiger partial charge on any atom is 0.242 e. The summed E-state index contributed by atoms with van der Waals surface area (Å²) in [5, 5.41) is 0.666. The van der Waals surface area contributed by atoms with E-state index in [1.54, 1.807) is 12.3 Å². The molecule has 1 unspecified atom stereocenters. The third kappa shape index (κ3) is 2.65. The first-order valence-corrected chi connectivity index (χ1v) is 7.95. The number of pyridine rings is 1. The number of rotatable bonds is 3. The van der Waals surface area contributed by atoms with Crippen LogP contribution in [0.4, 0.5) is 0 Å². The van der Waals surface area contributed by atoms with Gasteiger partial charge in [-0.2, -0.15) is 0 Å². The molecule has 4 heteroatoms. The lowest BCUT2D eigenvalue weighted by Crippen LogP contribution is -2.40. The molecule has 0 bridgehead atoms. The molecule has 22 heavy (non-hydrogen) atoms. The Hall–Kier alpha value is -2.10. The second kappa shape index (κ2) is 5.95. The van der Waals surface area contributed by atoms with Crippen LogP contribution in [0.25, 0.3) is 10.9 Å². The Morgan fingerprint density at radius 2 is 2.05 bits per heavy atom. The van der Waals surface area contributed by atoms with Gasteiger partial charge in [-0.05, 0) is 30.9 Å². The van der Waals surface area contributed by atoms with E-state index in [0.29, 0.717) is 23.9 Å². The SMILES string of the molecule is CC(C)C1CCCN1C(=O)Cn1ccc(=O)c2ccccc21. The number of aromatic nitrogens is 1. The lowest BCUT2D eigenvalue weighted by Gasteiger charge is -2.28. The first-order chi connectivity index (χ1) is 10.6. The summed E-state index contributed by atoms with van der Waals surface area (Å²) in [5.41, 5.74) is 0.823. The number of hydrogen-bond acceptors (Lipinski definition) is 2. The van der Waals surface area contributed by atoms with Crippen molar-refractivity contribution in [3.8, 4) is 0 Å². The first-order valence-electron chi connectivity index (χ1n) is 7.95. The van der Waals surface area contributed by atoms with Gasteiger partial charge in [0.2, 0.25) is 5.91 Å². The maximum atomic E-state index is 12.7. The van der Waals surface area contributed by atoms with Crippen molar-refractivity contribution in [1.82, 2.24) is 9.47 Å². The molecule has 4 nitrogen and oxygen atoms in total. The molecule has 0 N–H and O–H groups in total. The van der Waals surface area contributed by atoms with Gasteiger partial charge in [0.15, 0.2) is 5.43 Å². The number of amides is 1. The summed E-state index contributed by atoms with van der Waals surface area (Å²) in [7, 11) is 0. The van der Waals surface area contributed by atoms with Crippen molar-refractivity contribution in [3.05, 3.63) is 46.8 Å². The van der Waals surface area contributed by atoms with Crippen molar-refractivity contribution in [3.63, 3.8) is 0 Å². The summed E-state index contributed by atoms with van der Waals surface area (Å²) in [4.78, 5) is 26.6. The summed E-state index contributed by atoms with van der Waals surface area (Å²) in [6.45, 7) is 5.49. The van der Waals surface area contributed by atoms with E-state index in [1.807, 2.05) is 33.7 Å². The number of carbonyl (C=O) groups excluding carboxylic acids is 1. The fraction of sp³-hybridized carbons (Fsp3) is 0.444. The van der Waals surface area contributed by atoms with E-state index in [0.717, 1.165) is 24.9 Å². The van der Waals surface area contributed by atoms with Crippen LogP contribution in [0.5, 0.6) is 0 Å². The molecule has 1 atom stereocenters. The molecule has 1 aromatic heterocycles. The molecule has 1 aliphatic heterocycles. The molecule has 0 radical (unpaired) electrons. The van der Waals surface area contributed by atoms with Crippen LogP contribution in [0.1, 0.15) is 26.7 Å². The molecule has 2 heterocycles. The molecule has 2 aromatic rings. The van der Waals surface area contributed by atoms with Crippen molar-refractivity contribution in [1.29, 1.82) is 0 Å². The van der Waals surface area contributed by atoms with E-state index in [2.05, 4.69) is 13.8 Å². The molecule has 116 valence electrons. The Balaban J connectivity index is 1.89. The molecule has 0 spiro atoms. The van der Waals surface area contributed by atoms with Gasteiger partial charge in [-0.3, -0.25) is 9.59 Å². The Kier molecular flexibility index (Phi) is 4.01. The number of hydrogen-bond donors (Lipinski definition) is 0. The van der Waals surface area contributed by atoms with Gasteiger partial charge >= 0.3 is 0 Å². The average Bonchev–Trinajstić information content (AvgIpc) is 3.00. The number of para-hydroxylation sites is 1. The van der Waals surface area contributed by atoms with Gasteiger partial charge in [0.25, 0.3) is 0 Å². The lowest BCUT2D eigenvalue weighted by atomic mass is 10.0. The maximum absolute atomic E-state index is 12.7. The van der Waals surface area contributed by atoms with Crippen molar-refractivity contribution in [2.24, 2.45) is 5.92 Å². The molecule has 0 saturated carbocycles. The zero-order valence-electron chi connectivity index (χ0n) is 13.2. The highest BCUT2D eigenvalue weighted by Crippen LogP contribution is 2.24. The van der Waals surface area contributed by atoms with Gasteiger partial charge in [-0.15, -0.1) is 0 Å². The fourth-order valence-electron chi connectivity index (χ4n) is 3.43. The first kappa shape index (κ1) is 14.8. The number of likely N-dealkylation sites (tertiary alicyclic amines) is 1. The molecular weight excluding hydrogens is 276 g/mol. The van der Waals surface area contributed by atoms with Crippen LogP contribution in [-0.2, 0) is 11.3 Å². The number of carbonyl (C=O) groups is 1. The van der Waals surface area contributed by atoms with Crippen molar-refractivity contribution in [2.45, 2.75) is 39.3 Å².